The van der Waals surface area contributed by atoms with Crippen molar-refractivity contribution in [3.63, 3.8) is 0 Å². The molecule has 0 aromatic rings. The molecule has 7 nitrogen and oxygen atoms in total. The summed E-state index contributed by atoms with van der Waals surface area (Å²) in [5.41, 5.74) is 0. The Morgan fingerprint density at radius 3 is 1.46 bits per heavy atom. The van der Waals surface area contributed by atoms with Crippen molar-refractivity contribution >= 4 is 17.9 Å². The Kier molecular flexibility index (Phi) is 8.19. The van der Waals surface area contributed by atoms with Crippen molar-refractivity contribution in [1.82, 2.24) is 9.80 Å². The highest BCUT2D eigenvalue weighted by molar-refractivity contribution is 5.89. The van der Waals surface area contributed by atoms with Crippen molar-refractivity contribution in [3.8, 4) is 0 Å². The van der Waals surface area contributed by atoms with Crippen LogP contribution < -0.4 is 0 Å². The zero-order chi connectivity index (χ0) is 18.9. The van der Waals surface area contributed by atoms with Crippen LogP contribution in [0.25, 0.3) is 0 Å². The topological polar surface area (TPSA) is 82.4 Å². The van der Waals surface area contributed by atoms with E-state index in [1.165, 1.54) is 12.2 Å². The molecule has 144 valence electrons. The number of piperidine rings is 2. The number of alkyl halides is 2. The highest BCUT2D eigenvalue weighted by Gasteiger charge is 2.37. The van der Waals surface area contributed by atoms with Crippen LogP contribution in [0.1, 0.15) is 25.7 Å². The van der Waals surface area contributed by atoms with E-state index >= 15 is 0 Å². The van der Waals surface area contributed by atoms with Gasteiger partial charge < -0.3 is 0 Å². The standard InChI is InChI=1S/C17H24F2N4O3/c18-9-15(22-5-1-13(2-6-22)20-11-24)17(26)16(10-19)23-7-3-14(4-8-23)21-12-25/h13-16H,1-10H2. The van der Waals surface area contributed by atoms with E-state index in [1.54, 1.807) is 9.80 Å². The van der Waals surface area contributed by atoms with Gasteiger partial charge in [-0.1, -0.05) is 0 Å². The van der Waals surface area contributed by atoms with Gasteiger partial charge in [-0.05, 0) is 25.7 Å². The van der Waals surface area contributed by atoms with E-state index < -0.39 is 31.2 Å². The second-order valence-electron chi connectivity index (χ2n) is 6.72. The minimum Gasteiger partial charge on any atom is -0.296 e. The SMILES string of the molecule is O=C=NC1CCN(C(CF)C(=O)C(CF)N2CCC(N=C=O)CC2)CC1. The number of hydrogen-bond donors (Lipinski definition) is 0. The van der Waals surface area contributed by atoms with Gasteiger partial charge >= 0.3 is 0 Å². The summed E-state index contributed by atoms with van der Waals surface area (Å²) in [4.78, 5) is 44.2. The average molecular weight is 370 g/mol. The molecular weight excluding hydrogens is 346 g/mol. The van der Waals surface area contributed by atoms with E-state index in [9.17, 15) is 23.2 Å². The normalized spacial score (nSPS) is 22.8. The number of nitrogens with zero attached hydrogens (tertiary/aromatic N) is 4. The number of halogens is 2. The summed E-state index contributed by atoms with van der Waals surface area (Å²) in [5, 5.41) is 0. The Morgan fingerprint density at radius 1 is 0.846 bits per heavy atom. The second kappa shape index (κ2) is 10.4. The summed E-state index contributed by atoms with van der Waals surface area (Å²) in [6.07, 6.45) is 5.26. The Labute approximate surface area is 151 Å². The van der Waals surface area contributed by atoms with Crippen LogP contribution in [0.4, 0.5) is 8.78 Å². The number of rotatable bonds is 8. The third kappa shape index (κ3) is 5.11. The smallest absolute Gasteiger partial charge is 0.235 e. The molecule has 2 fully saturated rings. The molecule has 2 aliphatic heterocycles. The minimum atomic E-state index is -0.984. The van der Waals surface area contributed by atoms with Crippen LogP contribution in [0.15, 0.2) is 9.98 Å². The monoisotopic (exact) mass is 370 g/mol. The highest BCUT2D eigenvalue weighted by Crippen LogP contribution is 2.21. The minimum absolute atomic E-state index is 0.145. The molecule has 2 atom stereocenters. The summed E-state index contributed by atoms with van der Waals surface area (Å²) in [6, 6.07) is -2.26. The van der Waals surface area contributed by atoms with Crippen molar-refractivity contribution in [2.24, 2.45) is 9.98 Å². The van der Waals surface area contributed by atoms with Gasteiger partial charge in [-0.15, -0.1) is 0 Å². The van der Waals surface area contributed by atoms with Gasteiger partial charge in [-0.2, -0.15) is 0 Å². The van der Waals surface area contributed by atoms with Gasteiger partial charge in [0.2, 0.25) is 12.2 Å². The van der Waals surface area contributed by atoms with Crippen LogP contribution in [-0.4, -0.2) is 91.4 Å². The van der Waals surface area contributed by atoms with Gasteiger partial charge in [0.1, 0.15) is 13.3 Å². The molecule has 0 radical (unpaired) electrons. The first kappa shape index (κ1) is 20.5. The third-order valence-corrected chi connectivity index (χ3v) is 5.30. The quantitative estimate of drug-likeness (QED) is 0.467. The van der Waals surface area contributed by atoms with Crippen molar-refractivity contribution in [2.75, 3.05) is 39.5 Å². The third-order valence-electron chi connectivity index (χ3n) is 5.30. The lowest BCUT2D eigenvalue weighted by atomic mass is 9.97. The molecule has 9 heteroatoms. The molecule has 0 aromatic heterocycles. The van der Waals surface area contributed by atoms with Gasteiger partial charge in [0.05, 0.1) is 24.2 Å². The molecule has 0 N–H and O–H groups in total. The first-order chi connectivity index (χ1) is 12.6. The summed E-state index contributed by atoms with van der Waals surface area (Å²) in [7, 11) is 0. The maximum atomic E-state index is 13.6. The molecule has 0 aromatic carbocycles. The van der Waals surface area contributed by atoms with Crippen LogP contribution in [0.2, 0.25) is 0 Å². The number of Topliss-reactive ketones (excluding diaryl/α,β-unsaturated/α-hetero) is 1. The summed E-state index contributed by atoms with van der Waals surface area (Å²) in [5.74, 6) is -0.454. The van der Waals surface area contributed by atoms with E-state index in [1.807, 2.05) is 0 Å². The fourth-order valence-corrected chi connectivity index (χ4v) is 3.73. The predicted molar refractivity (Wildman–Crippen MR) is 90.0 cm³/mol. The van der Waals surface area contributed by atoms with Gasteiger partial charge in [-0.3, -0.25) is 14.6 Å². The molecule has 2 heterocycles. The largest absolute Gasteiger partial charge is 0.296 e. The van der Waals surface area contributed by atoms with E-state index in [0.29, 0.717) is 51.9 Å². The molecule has 2 rings (SSSR count). The summed E-state index contributed by atoms with van der Waals surface area (Å²) < 4.78 is 27.2. The number of carbonyl (C=O) groups excluding carboxylic acids is 3. The zero-order valence-electron chi connectivity index (χ0n) is 14.6. The van der Waals surface area contributed by atoms with E-state index in [2.05, 4.69) is 9.98 Å². The van der Waals surface area contributed by atoms with Gasteiger partial charge in [0.15, 0.2) is 5.78 Å². The Bertz CT molecular complexity index is 514. The number of likely N-dealkylation sites (tertiary alicyclic amines) is 2. The fraction of sp³-hybridized carbons (Fsp3) is 0.824. The molecule has 26 heavy (non-hydrogen) atoms. The molecule has 0 aliphatic carbocycles. The van der Waals surface area contributed by atoms with Crippen LogP contribution in [0, 0.1) is 0 Å². The van der Waals surface area contributed by atoms with E-state index in [0.717, 1.165) is 0 Å². The lowest BCUT2D eigenvalue weighted by molar-refractivity contribution is -0.132. The van der Waals surface area contributed by atoms with Crippen LogP contribution in [0.3, 0.4) is 0 Å². The van der Waals surface area contributed by atoms with Gasteiger partial charge in [-0.25, -0.2) is 28.4 Å². The van der Waals surface area contributed by atoms with Crippen molar-refractivity contribution in [1.29, 1.82) is 0 Å². The number of isocyanates is 2. The maximum Gasteiger partial charge on any atom is 0.235 e. The Hall–Kier alpha value is -1.79. The fourth-order valence-electron chi connectivity index (χ4n) is 3.73. The summed E-state index contributed by atoms with van der Waals surface area (Å²) in [6.45, 7) is -0.00108. The van der Waals surface area contributed by atoms with Crippen molar-refractivity contribution < 1.29 is 23.2 Å². The number of ketones is 1. The molecule has 0 amide bonds. The van der Waals surface area contributed by atoms with E-state index in [-0.39, 0.29) is 12.1 Å². The lowest BCUT2D eigenvalue weighted by Crippen LogP contribution is -2.56. The molecule has 2 unspecified atom stereocenters. The van der Waals surface area contributed by atoms with E-state index in [4.69, 9.17) is 0 Å². The predicted octanol–water partition coefficient (Wildman–Crippen LogP) is 0.832. The first-order valence-corrected chi connectivity index (χ1v) is 8.92. The first-order valence-electron chi connectivity index (χ1n) is 8.92. The Morgan fingerprint density at radius 2 is 1.19 bits per heavy atom. The van der Waals surface area contributed by atoms with Crippen LogP contribution in [0.5, 0.6) is 0 Å². The molecule has 0 bridgehead atoms. The molecule has 0 saturated carbocycles. The number of carbonyl (C=O) groups is 1. The zero-order valence-corrected chi connectivity index (χ0v) is 14.6. The molecule has 2 aliphatic rings. The molecule has 0 spiro atoms. The summed E-state index contributed by atoms with van der Waals surface area (Å²) >= 11 is 0. The highest BCUT2D eigenvalue weighted by atomic mass is 19.1. The Balaban J connectivity index is 1.97. The molecular formula is C17H24F2N4O3. The van der Waals surface area contributed by atoms with Crippen molar-refractivity contribution in [2.45, 2.75) is 49.9 Å². The molecule has 2 saturated heterocycles. The van der Waals surface area contributed by atoms with Crippen molar-refractivity contribution in [3.05, 3.63) is 0 Å². The lowest BCUT2D eigenvalue weighted by Gasteiger charge is -2.39. The number of aliphatic imine (C=N–C) groups is 2. The second-order valence-corrected chi connectivity index (χ2v) is 6.72. The average Bonchev–Trinajstić information content (AvgIpc) is 2.66. The number of hydrogen-bond acceptors (Lipinski definition) is 7. The maximum absolute atomic E-state index is 13.6. The van der Waals surface area contributed by atoms with Crippen LogP contribution in [-0.2, 0) is 14.4 Å². The van der Waals surface area contributed by atoms with Gasteiger partial charge in [0.25, 0.3) is 0 Å². The van der Waals surface area contributed by atoms with Gasteiger partial charge in [0, 0.05) is 26.2 Å². The van der Waals surface area contributed by atoms with Crippen LogP contribution >= 0.6 is 0 Å².